The van der Waals surface area contributed by atoms with E-state index in [1.165, 1.54) is 0 Å². The minimum absolute atomic E-state index is 0.00733. The normalized spacial score (nSPS) is 13.2. The van der Waals surface area contributed by atoms with Crippen LogP contribution in [0, 0.1) is 5.92 Å². The number of ether oxygens (including phenoxy) is 1. The van der Waals surface area contributed by atoms with Gasteiger partial charge in [-0.3, -0.25) is 14.4 Å². The van der Waals surface area contributed by atoms with Crippen LogP contribution in [-0.4, -0.2) is 36.5 Å². The van der Waals surface area contributed by atoms with Gasteiger partial charge in [0.2, 0.25) is 11.8 Å². The van der Waals surface area contributed by atoms with Crippen LogP contribution >= 0.6 is 0 Å². The molecule has 26 heavy (non-hydrogen) atoms. The molecule has 144 valence electrons. The summed E-state index contributed by atoms with van der Waals surface area (Å²) in [6, 6.07) is 7.93. The van der Waals surface area contributed by atoms with Crippen LogP contribution < -0.4 is 16.4 Å². The topological polar surface area (TPSA) is 111 Å². The van der Waals surface area contributed by atoms with E-state index < -0.39 is 24.0 Å². The number of amides is 2. The molecule has 0 bridgehead atoms. The second-order valence-corrected chi connectivity index (χ2v) is 6.76. The van der Waals surface area contributed by atoms with E-state index >= 15 is 0 Å². The summed E-state index contributed by atoms with van der Waals surface area (Å²) < 4.78 is 5.16. The predicted octanol–water partition coefficient (Wildman–Crippen LogP) is 1.29. The number of hydrogen-bond donors (Lipinski definition) is 3. The summed E-state index contributed by atoms with van der Waals surface area (Å²) in [5.74, 6) is -1.22. The van der Waals surface area contributed by atoms with E-state index in [2.05, 4.69) is 10.6 Å². The highest BCUT2D eigenvalue weighted by Gasteiger charge is 2.21. The number of carbonyl (C=O) groups is 3. The van der Waals surface area contributed by atoms with Crippen molar-refractivity contribution in [2.75, 3.05) is 6.54 Å². The molecule has 0 aromatic heterocycles. The Morgan fingerprint density at radius 1 is 1.08 bits per heavy atom. The molecule has 4 N–H and O–H groups in total. The van der Waals surface area contributed by atoms with Crippen LogP contribution in [0.4, 0.5) is 0 Å². The van der Waals surface area contributed by atoms with Crippen molar-refractivity contribution < 1.29 is 19.1 Å². The summed E-state index contributed by atoms with van der Waals surface area (Å²) >= 11 is 0. The fourth-order valence-corrected chi connectivity index (χ4v) is 2.25. The van der Waals surface area contributed by atoms with Gasteiger partial charge in [0.25, 0.3) is 0 Å². The highest BCUT2D eigenvalue weighted by Crippen LogP contribution is 2.17. The summed E-state index contributed by atoms with van der Waals surface area (Å²) in [6.45, 7) is 6.98. The third-order valence-corrected chi connectivity index (χ3v) is 3.72. The van der Waals surface area contributed by atoms with E-state index in [1.807, 2.05) is 44.2 Å². The monoisotopic (exact) mass is 363 g/mol. The molecule has 1 aromatic rings. The first-order valence-corrected chi connectivity index (χ1v) is 8.77. The second kappa shape index (κ2) is 10.6. The summed E-state index contributed by atoms with van der Waals surface area (Å²) in [5.41, 5.74) is 6.53. The van der Waals surface area contributed by atoms with Crippen molar-refractivity contribution >= 4 is 17.8 Å². The molecule has 0 saturated heterocycles. The lowest BCUT2D eigenvalue weighted by atomic mass is 10.0. The lowest BCUT2D eigenvalue weighted by Gasteiger charge is -2.20. The van der Waals surface area contributed by atoms with Gasteiger partial charge >= 0.3 is 5.97 Å². The van der Waals surface area contributed by atoms with Gasteiger partial charge in [0.05, 0.1) is 31.2 Å². The number of rotatable bonds is 9. The Hall–Kier alpha value is -2.41. The first kappa shape index (κ1) is 21.6. The van der Waals surface area contributed by atoms with Crippen LogP contribution in [0.2, 0.25) is 0 Å². The average molecular weight is 363 g/mol. The SMILES string of the molecule is CC(C)OC(=O)CC(NC(=O)CNC(=O)[C@@H](N)C(C)C)c1ccccc1. The fourth-order valence-electron chi connectivity index (χ4n) is 2.25. The van der Waals surface area contributed by atoms with Gasteiger partial charge in [-0.25, -0.2) is 0 Å². The molecule has 0 aliphatic heterocycles. The second-order valence-electron chi connectivity index (χ2n) is 6.76. The Morgan fingerprint density at radius 2 is 1.69 bits per heavy atom. The maximum atomic E-state index is 12.2. The number of nitrogens with two attached hydrogens (primary N) is 1. The summed E-state index contributed by atoms with van der Waals surface area (Å²) in [4.78, 5) is 36.1. The molecule has 0 saturated carbocycles. The Kier molecular flexibility index (Phi) is 8.78. The molecule has 7 heteroatoms. The number of carbonyl (C=O) groups excluding carboxylic acids is 3. The van der Waals surface area contributed by atoms with Gasteiger partial charge < -0.3 is 21.1 Å². The molecule has 1 rings (SSSR count). The molecule has 0 spiro atoms. The van der Waals surface area contributed by atoms with Crippen molar-refractivity contribution in [2.24, 2.45) is 11.7 Å². The molecular weight excluding hydrogens is 334 g/mol. The molecule has 1 aromatic carbocycles. The Morgan fingerprint density at radius 3 is 2.23 bits per heavy atom. The van der Waals surface area contributed by atoms with Crippen LogP contribution in [0.3, 0.4) is 0 Å². The molecule has 2 atom stereocenters. The maximum absolute atomic E-state index is 12.2. The molecule has 0 heterocycles. The lowest BCUT2D eigenvalue weighted by Crippen LogP contribution is -2.47. The third kappa shape index (κ3) is 7.65. The zero-order valence-electron chi connectivity index (χ0n) is 15.8. The summed E-state index contributed by atoms with van der Waals surface area (Å²) in [7, 11) is 0. The third-order valence-electron chi connectivity index (χ3n) is 3.72. The quantitative estimate of drug-likeness (QED) is 0.573. The lowest BCUT2D eigenvalue weighted by molar-refractivity contribution is -0.148. The summed E-state index contributed by atoms with van der Waals surface area (Å²) in [6.07, 6.45) is -0.223. The van der Waals surface area contributed by atoms with Gasteiger partial charge in [-0.15, -0.1) is 0 Å². The number of benzene rings is 1. The van der Waals surface area contributed by atoms with Crippen molar-refractivity contribution in [1.82, 2.24) is 10.6 Å². The van der Waals surface area contributed by atoms with Crippen molar-refractivity contribution in [3.05, 3.63) is 35.9 Å². The molecule has 0 aliphatic carbocycles. The first-order chi connectivity index (χ1) is 12.2. The van der Waals surface area contributed by atoms with Crippen molar-refractivity contribution in [2.45, 2.75) is 52.3 Å². The van der Waals surface area contributed by atoms with E-state index in [1.54, 1.807) is 13.8 Å². The molecular formula is C19H29N3O4. The standard InChI is InChI=1S/C19H29N3O4/c1-12(2)18(20)19(25)21-11-16(23)22-15(10-17(24)26-13(3)4)14-8-6-5-7-9-14/h5-9,12-13,15,18H,10-11,20H2,1-4H3,(H,21,25)(H,22,23)/t15?,18-/m0/s1. The zero-order chi connectivity index (χ0) is 19.7. The van der Waals surface area contributed by atoms with Crippen molar-refractivity contribution in [3.8, 4) is 0 Å². The van der Waals surface area contributed by atoms with E-state index in [9.17, 15) is 14.4 Å². The largest absolute Gasteiger partial charge is 0.463 e. The van der Waals surface area contributed by atoms with E-state index in [0.717, 1.165) is 5.56 Å². The molecule has 7 nitrogen and oxygen atoms in total. The minimum Gasteiger partial charge on any atom is -0.463 e. The molecule has 0 aliphatic rings. The van der Waals surface area contributed by atoms with Crippen LogP contribution in [0.1, 0.15) is 45.7 Å². The molecule has 0 fully saturated rings. The zero-order valence-corrected chi connectivity index (χ0v) is 15.8. The van der Waals surface area contributed by atoms with Crippen LogP contribution in [0.15, 0.2) is 30.3 Å². The van der Waals surface area contributed by atoms with E-state index in [0.29, 0.717) is 0 Å². The molecule has 2 amide bonds. The Balaban J connectivity index is 2.69. The smallest absolute Gasteiger partial charge is 0.308 e. The minimum atomic E-state index is -0.672. The highest BCUT2D eigenvalue weighted by molar-refractivity contribution is 5.87. The number of esters is 1. The maximum Gasteiger partial charge on any atom is 0.308 e. The van der Waals surface area contributed by atoms with Gasteiger partial charge in [-0.1, -0.05) is 44.2 Å². The average Bonchev–Trinajstić information content (AvgIpc) is 2.58. The predicted molar refractivity (Wildman–Crippen MR) is 99.0 cm³/mol. The van der Waals surface area contributed by atoms with E-state index in [-0.39, 0.29) is 30.9 Å². The first-order valence-electron chi connectivity index (χ1n) is 8.77. The highest BCUT2D eigenvalue weighted by atomic mass is 16.5. The number of nitrogens with one attached hydrogen (secondary N) is 2. The molecule has 1 unspecified atom stereocenters. The van der Waals surface area contributed by atoms with Crippen LogP contribution in [0.5, 0.6) is 0 Å². The van der Waals surface area contributed by atoms with Gasteiger partial charge in [-0.2, -0.15) is 0 Å². The number of hydrogen-bond acceptors (Lipinski definition) is 5. The van der Waals surface area contributed by atoms with Gasteiger partial charge in [0.15, 0.2) is 0 Å². The van der Waals surface area contributed by atoms with E-state index in [4.69, 9.17) is 10.5 Å². The van der Waals surface area contributed by atoms with Gasteiger partial charge in [-0.05, 0) is 25.3 Å². The molecule has 0 radical (unpaired) electrons. The Bertz CT molecular complexity index is 602. The van der Waals surface area contributed by atoms with Crippen LogP contribution in [0.25, 0.3) is 0 Å². The fraction of sp³-hybridized carbons (Fsp3) is 0.526. The van der Waals surface area contributed by atoms with Crippen LogP contribution in [-0.2, 0) is 19.1 Å². The van der Waals surface area contributed by atoms with Crippen molar-refractivity contribution in [3.63, 3.8) is 0 Å². The van der Waals surface area contributed by atoms with Gasteiger partial charge in [0, 0.05) is 0 Å². The van der Waals surface area contributed by atoms with Crippen molar-refractivity contribution in [1.29, 1.82) is 0 Å². The van der Waals surface area contributed by atoms with Gasteiger partial charge in [0.1, 0.15) is 0 Å². The summed E-state index contributed by atoms with van der Waals surface area (Å²) in [5, 5.41) is 5.28. The Labute approximate surface area is 154 Å².